The van der Waals surface area contributed by atoms with E-state index in [-0.39, 0.29) is 22.9 Å². The molecule has 0 aromatic heterocycles. The van der Waals surface area contributed by atoms with Crippen molar-refractivity contribution < 1.29 is 39.8 Å². The summed E-state index contributed by atoms with van der Waals surface area (Å²) in [6.07, 6.45) is -6.01. The highest BCUT2D eigenvalue weighted by molar-refractivity contribution is 8.24. The normalized spacial score (nSPS) is 26.8. The molecule has 0 spiro atoms. The molecular weight excluding hydrogens is 642 g/mol. The third-order valence-electron chi connectivity index (χ3n) is 8.91. The van der Waals surface area contributed by atoms with Crippen LogP contribution in [0.15, 0.2) is 97.1 Å². The summed E-state index contributed by atoms with van der Waals surface area (Å²) in [5.74, 6) is -0.277. The number of aliphatic hydroxyl groups excluding tert-OH is 5. The van der Waals surface area contributed by atoms with Gasteiger partial charge in [0.05, 0.1) is 18.8 Å². The summed E-state index contributed by atoms with van der Waals surface area (Å²) in [4.78, 5) is 2.04. The third kappa shape index (κ3) is 6.94. The molecule has 0 aliphatic carbocycles. The van der Waals surface area contributed by atoms with E-state index >= 15 is 0 Å². The average molecular weight is 678 g/mol. The number of hydrogen-bond donors (Lipinski definition) is 6. The van der Waals surface area contributed by atoms with Crippen LogP contribution in [0.2, 0.25) is 0 Å². The van der Waals surface area contributed by atoms with Crippen LogP contribution in [0.3, 0.4) is 0 Å². The van der Waals surface area contributed by atoms with E-state index in [0.29, 0.717) is 33.9 Å². The molecule has 4 aromatic carbocycles. The summed E-state index contributed by atoms with van der Waals surface area (Å²) >= 11 is 7.38. The van der Waals surface area contributed by atoms with Crippen molar-refractivity contribution in [3.05, 3.63) is 120 Å². The number of hydrogen-bond acceptors (Lipinski definition) is 9. The van der Waals surface area contributed by atoms with Crippen molar-refractivity contribution in [3.8, 4) is 16.9 Å². The fourth-order valence-electron chi connectivity index (χ4n) is 6.33. The van der Waals surface area contributed by atoms with Crippen molar-refractivity contribution in [1.29, 1.82) is 0 Å². The van der Waals surface area contributed by atoms with Gasteiger partial charge in [-0.15, -0.1) is 0 Å². The average Bonchev–Trinajstić information content (AvgIpc) is 3.42. The van der Waals surface area contributed by atoms with Crippen molar-refractivity contribution in [2.24, 2.45) is 0 Å². The van der Waals surface area contributed by atoms with Crippen LogP contribution in [-0.4, -0.2) is 71.2 Å². The second-order valence-electron chi connectivity index (χ2n) is 11.9. The number of halogens is 1. The minimum Gasteiger partial charge on any atom is -0.508 e. The lowest BCUT2D eigenvalue weighted by Gasteiger charge is -2.40. The first-order valence-electron chi connectivity index (χ1n) is 15.4. The van der Waals surface area contributed by atoms with Gasteiger partial charge >= 0.3 is 0 Å². The predicted molar refractivity (Wildman–Crippen MR) is 182 cm³/mol. The van der Waals surface area contributed by atoms with Gasteiger partial charge in [0.2, 0.25) is 0 Å². The minimum atomic E-state index is -1.47. The number of benzene rings is 4. The van der Waals surface area contributed by atoms with Gasteiger partial charge in [-0.2, -0.15) is 0 Å². The number of aromatic hydroxyl groups is 1. The van der Waals surface area contributed by atoms with Crippen LogP contribution in [0.4, 0.5) is 10.1 Å². The van der Waals surface area contributed by atoms with E-state index in [1.165, 1.54) is 23.9 Å². The zero-order valence-electron chi connectivity index (χ0n) is 25.2. The Balaban J connectivity index is 1.25. The van der Waals surface area contributed by atoms with Crippen LogP contribution in [0.25, 0.3) is 11.1 Å². The number of phenolic OH excluding ortho intramolecular Hbond substituents is 1. The summed E-state index contributed by atoms with van der Waals surface area (Å²) in [5.41, 5.74) is 4.31. The van der Waals surface area contributed by atoms with Crippen LogP contribution in [-0.2, 0) is 4.74 Å². The Morgan fingerprint density at radius 1 is 0.851 bits per heavy atom. The standard InChI is InChI=1S/C36H36FNO7S2/c37-24-13-10-21(11-14-24)27(40)16-17-30-31(38(36(46)47-30)25-4-2-1-3-5-25)26-15-12-23(18-28(26)41)20-6-8-22(9-7-20)35-34(44)33(43)32(42)29(19-39)45-35/h1-15,18,27,29-35,39-44H,16-17,19H2/t27?,29-,30+,31-,32-,33+,34-,35+/m1/s1. The first kappa shape index (κ1) is 33.5. The van der Waals surface area contributed by atoms with E-state index in [1.54, 1.807) is 30.3 Å². The highest BCUT2D eigenvalue weighted by Gasteiger charge is 2.44. The number of phenols is 1. The van der Waals surface area contributed by atoms with Gasteiger partial charge in [0.1, 0.15) is 46.4 Å². The van der Waals surface area contributed by atoms with Gasteiger partial charge in [0, 0.05) is 16.5 Å². The second-order valence-corrected chi connectivity index (χ2v) is 13.7. The van der Waals surface area contributed by atoms with Crippen molar-refractivity contribution >= 4 is 34.0 Å². The monoisotopic (exact) mass is 677 g/mol. The SMILES string of the molecule is OC[C@H]1O[C@@H](c2ccc(-c3ccc([C@@H]4[C@H](CCC(O)c5ccc(F)cc5)SC(=S)N4c4ccccc4)c(O)c3)cc2)[C@H](O)[C@@H](O)[C@@H]1O. The Morgan fingerprint density at radius 3 is 2.19 bits per heavy atom. The first-order valence-corrected chi connectivity index (χ1v) is 16.7. The fourth-order valence-corrected chi connectivity index (χ4v) is 8.16. The van der Waals surface area contributed by atoms with Crippen LogP contribution < -0.4 is 4.90 Å². The smallest absolute Gasteiger partial charge is 0.141 e. The summed E-state index contributed by atoms with van der Waals surface area (Å²) in [5, 5.41) is 62.6. The zero-order chi connectivity index (χ0) is 33.2. The second kappa shape index (κ2) is 14.4. The van der Waals surface area contributed by atoms with Gasteiger partial charge in [-0.25, -0.2) is 4.39 Å². The highest BCUT2D eigenvalue weighted by Crippen LogP contribution is 2.49. The van der Waals surface area contributed by atoms with Crippen molar-refractivity contribution in [1.82, 2.24) is 0 Å². The molecule has 11 heteroatoms. The molecule has 0 amide bonds. The van der Waals surface area contributed by atoms with Crippen molar-refractivity contribution in [2.75, 3.05) is 11.5 Å². The molecule has 2 saturated heterocycles. The number of thiocarbonyl (C=S) groups is 1. The summed E-state index contributed by atoms with van der Waals surface area (Å²) in [7, 11) is 0. The van der Waals surface area contributed by atoms with E-state index < -0.39 is 43.2 Å². The zero-order valence-corrected chi connectivity index (χ0v) is 26.8. The maximum Gasteiger partial charge on any atom is 0.141 e. The van der Waals surface area contributed by atoms with Gasteiger partial charge in [0.15, 0.2) is 0 Å². The van der Waals surface area contributed by atoms with E-state index in [1.807, 2.05) is 59.5 Å². The molecule has 246 valence electrons. The molecule has 6 N–H and O–H groups in total. The van der Waals surface area contributed by atoms with E-state index in [2.05, 4.69) is 0 Å². The maximum absolute atomic E-state index is 13.4. The van der Waals surface area contributed by atoms with Gasteiger partial charge in [-0.3, -0.25) is 0 Å². The molecule has 2 heterocycles. The topological polar surface area (TPSA) is 134 Å². The molecular formula is C36H36FNO7S2. The number of anilines is 1. The number of para-hydroxylation sites is 1. The summed E-state index contributed by atoms with van der Waals surface area (Å²) in [6, 6.07) is 27.8. The molecule has 1 unspecified atom stereocenters. The van der Waals surface area contributed by atoms with Gasteiger partial charge in [-0.05, 0) is 65.4 Å². The Kier molecular flexibility index (Phi) is 10.3. The molecule has 6 rings (SSSR count). The molecule has 8 atom stereocenters. The Morgan fingerprint density at radius 2 is 1.53 bits per heavy atom. The third-order valence-corrected chi connectivity index (χ3v) is 10.6. The van der Waals surface area contributed by atoms with Crippen molar-refractivity contribution in [3.63, 3.8) is 0 Å². The van der Waals surface area contributed by atoms with Crippen molar-refractivity contribution in [2.45, 2.75) is 60.8 Å². The molecule has 2 aliphatic heterocycles. The number of rotatable bonds is 9. The molecule has 4 aromatic rings. The molecule has 0 radical (unpaired) electrons. The van der Waals surface area contributed by atoms with Crippen LogP contribution >= 0.6 is 24.0 Å². The van der Waals surface area contributed by atoms with Gasteiger partial charge < -0.3 is 40.3 Å². The first-order chi connectivity index (χ1) is 22.7. The van der Waals surface area contributed by atoms with Gasteiger partial charge in [0.25, 0.3) is 0 Å². The number of nitrogens with zero attached hydrogens (tertiary/aromatic N) is 1. The Hall–Kier alpha value is -3.39. The molecule has 2 aliphatic rings. The van der Waals surface area contributed by atoms with E-state index in [0.717, 1.165) is 16.8 Å². The van der Waals surface area contributed by atoms with E-state index in [4.69, 9.17) is 17.0 Å². The highest BCUT2D eigenvalue weighted by atomic mass is 32.2. The van der Waals surface area contributed by atoms with Crippen LogP contribution in [0.1, 0.15) is 47.8 Å². The van der Waals surface area contributed by atoms with E-state index in [9.17, 15) is 35.0 Å². The van der Waals surface area contributed by atoms with Crippen LogP contribution in [0.5, 0.6) is 5.75 Å². The Labute approximate surface area is 281 Å². The van der Waals surface area contributed by atoms with Crippen LogP contribution in [0, 0.1) is 5.82 Å². The number of thioether (sulfide) groups is 1. The lowest BCUT2D eigenvalue weighted by Crippen LogP contribution is -2.55. The lowest BCUT2D eigenvalue weighted by molar-refractivity contribution is -0.231. The molecule has 47 heavy (non-hydrogen) atoms. The molecule has 0 saturated carbocycles. The summed E-state index contributed by atoms with van der Waals surface area (Å²) < 4.78 is 19.8. The maximum atomic E-state index is 13.4. The minimum absolute atomic E-state index is 0.0841. The Bertz CT molecular complexity index is 1680. The lowest BCUT2D eigenvalue weighted by atomic mass is 9.90. The quantitative estimate of drug-likeness (QED) is 0.132. The number of ether oxygens (including phenoxy) is 1. The summed E-state index contributed by atoms with van der Waals surface area (Å²) in [6.45, 7) is -0.507. The predicted octanol–water partition coefficient (Wildman–Crippen LogP) is 5.18. The number of aliphatic hydroxyl groups is 5. The molecule has 0 bridgehead atoms. The molecule has 2 fully saturated rings. The fraction of sp³-hybridized carbons (Fsp3) is 0.306. The molecule has 8 nitrogen and oxygen atoms in total. The van der Waals surface area contributed by atoms with Gasteiger partial charge in [-0.1, -0.05) is 90.7 Å². The largest absolute Gasteiger partial charge is 0.508 e.